The van der Waals surface area contributed by atoms with Crippen molar-refractivity contribution in [2.75, 3.05) is 13.1 Å². The molecule has 2 heterocycles. The quantitative estimate of drug-likeness (QED) is 0.614. The summed E-state index contributed by atoms with van der Waals surface area (Å²) < 4.78 is 32.6. The maximum atomic E-state index is 13.0. The highest BCUT2D eigenvalue weighted by Gasteiger charge is 2.33. The lowest BCUT2D eigenvalue weighted by Crippen LogP contribution is -2.45. The van der Waals surface area contributed by atoms with E-state index in [0.29, 0.717) is 31.1 Å². The maximum Gasteiger partial charge on any atom is 0.246 e. The van der Waals surface area contributed by atoms with E-state index in [0.717, 1.165) is 16.7 Å². The molecular weight excluding hydrogens is 428 g/mol. The van der Waals surface area contributed by atoms with Crippen molar-refractivity contribution in [3.63, 3.8) is 0 Å². The van der Waals surface area contributed by atoms with Gasteiger partial charge in [0.25, 0.3) is 0 Å². The predicted octanol–water partition coefficient (Wildman–Crippen LogP) is 3.07. The summed E-state index contributed by atoms with van der Waals surface area (Å²) in [6.45, 7) is 4.56. The average Bonchev–Trinajstić information content (AvgIpc) is 3.27. The van der Waals surface area contributed by atoms with Gasteiger partial charge in [-0.25, -0.2) is 8.42 Å². The molecule has 0 bridgehead atoms. The Bertz CT molecular complexity index is 1190. The van der Waals surface area contributed by atoms with E-state index < -0.39 is 15.9 Å². The number of amides is 1. The number of hydrogen-bond donors (Lipinski definition) is 1. The lowest BCUT2D eigenvalue weighted by atomic mass is 9.99. The molecule has 0 unspecified atom stereocenters. The summed E-state index contributed by atoms with van der Waals surface area (Å²) in [6, 6.07) is 14.5. The Labute approximate surface area is 187 Å². The van der Waals surface area contributed by atoms with Gasteiger partial charge in [0.2, 0.25) is 27.6 Å². The second-order valence-electron chi connectivity index (χ2n) is 8.11. The molecule has 1 amide bonds. The Morgan fingerprint density at radius 2 is 1.75 bits per heavy atom. The standard InChI is InChI=1S/C23H26N4O4S/c1-16-5-9-18(10-6-16)22-25-21(31-26-22)14-24-23(28)19-4-3-13-27(15-19)32(29,30)20-11-7-17(2)8-12-20/h5-12,19H,3-4,13-15H2,1-2H3,(H,24,28)/t19-/m0/s1. The Hall–Kier alpha value is -3.04. The van der Waals surface area contributed by atoms with Crippen molar-refractivity contribution >= 4 is 15.9 Å². The molecule has 1 aromatic heterocycles. The fourth-order valence-electron chi connectivity index (χ4n) is 3.69. The van der Waals surface area contributed by atoms with Crippen LogP contribution in [-0.4, -0.2) is 41.9 Å². The molecule has 3 aromatic rings. The molecule has 0 spiro atoms. The van der Waals surface area contributed by atoms with Crippen LogP contribution < -0.4 is 5.32 Å². The van der Waals surface area contributed by atoms with Crippen molar-refractivity contribution < 1.29 is 17.7 Å². The number of carbonyl (C=O) groups is 1. The van der Waals surface area contributed by atoms with Crippen molar-refractivity contribution in [2.45, 2.75) is 38.1 Å². The summed E-state index contributed by atoms with van der Waals surface area (Å²) in [4.78, 5) is 17.3. The molecule has 1 aliphatic rings. The van der Waals surface area contributed by atoms with Crippen LogP contribution in [-0.2, 0) is 21.4 Å². The van der Waals surface area contributed by atoms with Gasteiger partial charge in [-0.2, -0.15) is 9.29 Å². The Morgan fingerprint density at radius 3 is 2.44 bits per heavy atom. The van der Waals surface area contributed by atoms with E-state index in [-0.39, 0.29) is 23.9 Å². The molecule has 1 atom stereocenters. The van der Waals surface area contributed by atoms with Gasteiger partial charge in [-0.15, -0.1) is 0 Å². The molecule has 2 aromatic carbocycles. The summed E-state index contributed by atoms with van der Waals surface area (Å²) >= 11 is 0. The number of nitrogens with zero attached hydrogens (tertiary/aromatic N) is 3. The molecule has 1 fully saturated rings. The Morgan fingerprint density at radius 1 is 1.09 bits per heavy atom. The van der Waals surface area contributed by atoms with Crippen LogP contribution in [0.15, 0.2) is 57.9 Å². The maximum absolute atomic E-state index is 13.0. The number of aromatic nitrogens is 2. The first-order valence-corrected chi connectivity index (χ1v) is 12.0. The fraction of sp³-hybridized carbons (Fsp3) is 0.348. The van der Waals surface area contributed by atoms with E-state index in [2.05, 4.69) is 15.5 Å². The largest absolute Gasteiger partial charge is 0.347 e. The molecule has 9 heteroatoms. The van der Waals surface area contributed by atoms with Crippen molar-refractivity contribution in [3.8, 4) is 11.4 Å². The third kappa shape index (κ3) is 4.89. The van der Waals surface area contributed by atoms with Crippen LogP contribution in [0.5, 0.6) is 0 Å². The molecule has 0 saturated carbocycles. The van der Waals surface area contributed by atoms with Crippen LogP contribution in [0.4, 0.5) is 0 Å². The van der Waals surface area contributed by atoms with Crippen molar-refractivity contribution in [1.82, 2.24) is 19.8 Å². The number of piperidine rings is 1. The van der Waals surface area contributed by atoms with E-state index in [1.807, 2.05) is 38.1 Å². The molecule has 168 valence electrons. The zero-order valence-corrected chi connectivity index (χ0v) is 18.9. The predicted molar refractivity (Wildman–Crippen MR) is 119 cm³/mol. The number of carbonyl (C=O) groups excluding carboxylic acids is 1. The van der Waals surface area contributed by atoms with Gasteiger partial charge in [-0.05, 0) is 38.8 Å². The lowest BCUT2D eigenvalue weighted by Gasteiger charge is -2.31. The summed E-state index contributed by atoms with van der Waals surface area (Å²) in [6.07, 6.45) is 1.26. The molecule has 1 N–H and O–H groups in total. The third-order valence-corrected chi connectivity index (χ3v) is 7.48. The minimum Gasteiger partial charge on any atom is -0.347 e. The van der Waals surface area contributed by atoms with Crippen LogP contribution in [0.1, 0.15) is 29.9 Å². The summed E-state index contributed by atoms with van der Waals surface area (Å²) in [5.74, 6) is 0.114. The highest BCUT2D eigenvalue weighted by atomic mass is 32.2. The zero-order chi connectivity index (χ0) is 22.7. The van der Waals surface area contributed by atoms with E-state index in [4.69, 9.17) is 4.52 Å². The molecule has 32 heavy (non-hydrogen) atoms. The molecule has 4 rings (SSSR count). The zero-order valence-electron chi connectivity index (χ0n) is 18.1. The van der Waals surface area contributed by atoms with Crippen molar-refractivity contribution in [1.29, 1.82) is 0 Å². The first-order chi connectivity index (χ1) is 15.3. The molecule has 1 aliphatic heterocycles. The third-order valence-electron chi connectivity index (χ3n) is 5.61. The first kappa shape index (κ1) is 22.2. The molecular formula is C23H26N4O4S. The van der Waals surface area contributed by atoms with Gasteiger partial charge in [-0.1, -0.05) is 52.7 Å². The van der Waals surface area contributed by atoms with Crippen molar-refractivity contribution in [2.24, 2.45) is 5.92 Å². The Kier molecular flexibility index (Phi) is 6.38. The second-order valence-corrected chi connectivity index (χ2v) is 10.0. The highest BCUT2D eigenvalue weighted by molar-refractivity contribution is 7.89. The molecule has 0 aliphatic carbocycles. The second kappa shape index (κ2) is 9.22. The summed E-state index contributed by atoms with van der Waals surface area (Å²) in [5, 5.41) is 6.77. The van der Waals surface area contributed by atoms with Gasteiger partial charge in [0.05, 0.1) is 17.4 Å². The fourth-order valence-corrected chi connectivity index (χ4v) is 5.21. The summed E-state index contributed by atoms with van der Waals surface area (Å²) in [5.41, 5.74) is 2.96. The van der Waals surface area contributed by atoms with E-state index in [9.17, 15) is 13.2 Å². The van der Waals surface area contributed by atoms with Gasteiger partial charge in [0, 0.05) is 18.7 Å². The van der Waals surface area contributed by atoms with Crippen molar-refractivity contribution in [3.05, 3.63) is 65.5 Å². The number of sulfonamides is 1. The first-order valence-electron chi connectivity index (χ1n) is 10.6. The highest BCUT2D eigenvalue weighted by Crippen LogP contribution is 2.24. The van der Waals surface area contributed by atoms with Crippen LogP contribution in [0.2, 0.25) is 0 Å². The Balaban J connectivity index is 1.36. The van der Waals surface area contributed by atoms with Crippen LogP contribution in [0.3, 0.4) is 0 Å². The topological polar surface area (TPSA) is 105 Å². The van der Waals surface area contributed by atoms with E-state index >= 15 is 0 Å². The molecule has 1 saturated heterocycles. The number of benzene rings is 2. The minimum absolute atomic E-state index is 0.0961. The van der Waals surface area contributed by atoms with E-state index in [1.54, 1.807) is 24.3 Å². The monoisotopic (exact) mass is 454 g/mol. The SMILES string of the molecule is Cc1ccc(-c2noc(CNC(=O)[C@H]3CCCN(S(=O)(=O)c4ccc(C)cc4)C3)n2)cc1. The van der Waals surface area contributed by atoms with Crippen LogP contribution in [0, 0.1) is 19.8 Å². The van der Waals surface area contributed by atoms with Gasteiger partial charge in [-0.3, -0.25) is 4.79 Å². The number of hydrogen-bond acceptors (Lipinski definition) is 6. The van der Waals surface area contributed by atoms with E-state index in [1.165, 1.54) is 4.31 Å². The van der Waals surface area contributed by atoms with Gasteiger partial charge < -0.3 is 9.84 Å². The number of nitrogens with one attached hydrogen (secondary N) is 1. The number of aryl methyl sites for hydroxylation is 2. The van der Waals surface area contributed by atoms with Crippen LogP contribution in [0.25, 0.3) is 11.4 Å². The van der Waals surface area contributed by atoms with Gasteiger partial charge >= 0.3 is 0 Å². The number of rotatable bonds is 6. The average molecular weight is 455 g/mol. The van der Waals surface area contributed by atoms with Gasteiger partial charge in [0.15, 0.2) is 0 Å². The molecule has 0 radical (unpaired) electrons. The normalized spacial score (nSPS) is 17.2. The smallest absolute Gasteiger partial charge is 0.246 e. The lowest BCUT2D eigenvalue weighted by molar-refractivity contribution is -0.126. The summed E-state index contributed by atoms with van der Waals surface area (Å²) in [7, 11) is -3.63. The van der Waals surface area contributed by atoms with Crippen LogP contribution >= 0.6 is 0 Å². The minimum atomic E-state index is -3.63. The molecule has 8 nitrogen and oxygen atoms in total. The van der Waals surface area contributed by atoms with Gasteiger partial charge in [0.1, 0.15) is 0 Å².